The summed E-state index contributed by atoms with van der Waals surface area (Å²) in [5, 5.41) is 11.7. The molecule has 3 nitrogen and oxygen atoms in total. The van der Waals surface area contributed by atoms with E-state index in [1.165, 1.54) is 11.3 Å². The van der Waals surface area contributed by atoms with E-state index in [0.29, 0.717) is 4.88 Å². The molecular weight excluding hydrogens is 278 g/mol. The zero-order valence-corrected chi connectivity index (χ0v) is 13.1. The number of aryl methyl sites for hydroxylation is 1. The normalized spacial score (nSPS) is 11.6. The number of amides is 1. The van der Waals surface area contributed by atoms with Gasteiger partial charge in [-0.1, -0.05) is 18.8 Å². The molecular formula is C14H19NO2S2. The van der Waals surface area contributed by atoms with E-state index in [2.05, 4.69) is 24.1 Å². The fourth-order valence-corrected chi connectivity index (χ4v) is 3.23. The summed E-state index contributed by atoms with van der Waals surface area (Å²) in [5.74, 6) is 6.36. The number of rotatable bonds is 5. The average molecular weight is 297 g/mol. The van der Waals surface area contributed by atoms with Crippen molar-refractivity contribution < 1.29 is 9.90 Å². The van der Waals surface area contributed by atoms with Crippen molar-refractivity contribution in [3.05, 3.63) is 21.4 Å². The molecule has 0 aliphatic rings. The first-order chi connectivity index (χ1) is 9.12. The first-order valence-corrected chi connectivity index (χ1v) is 8.33. The molecule has 1 heterocycles. The summed E-state index contributed by atoms with van der Waals surface area (Å²) in [6, 6.07) is 2.06. The molecule has 0 aliphatic heterocycles. The van der Waals surface area contributed by atoms with Crippen LogP contribution in [0.3, 0.4) is 0 Å². The number of thioether (sulfide) groups is 1. The van der Waals surface area contributed by atoms with E-state index in [-0.39, 0.29) is 18.6 Å². The summed E-state index contributed by atoms with van der Waals surface area (Å²) in [4.78, 5) is 13.6. The van der Waals surface area contributed by atoms with E-state index in [1.807, 2.05) is 19.2 Å². The van der Waals surface area contributed by atoms with E-state index in [1.54, 1.807) is 11.8 Å². The third kappa shape index (κ3) is 4.90. The van der Waals surface area contributed by atoms with E-state index in [0.717, 1.165) is 22.6 Å². The quantitative estimate of drug-likeness (QED) is 0.820. The van der Waals surface area contributed by atoms with Crippen LogP contribution >= 0.6 is 23.1 Å². The van der Waals surface area contributed by atoms with Crippen LogP contribution in [0.25, 0.3) is 0 Å². The number of nitrogens with one attached hydrogen (secondary N) is 1. The molecule has 1 aromatic heterocycles. The Balaban J connectivity index is 2.77. The minimum Gasteiger partial charge on any atom is -0.384 e. The number of hydrogen-bond donors (Lipinski definition) is 2. The zero-order chi connectivity index (χ0) is 14.3. The Morgan fingerprint density at radius 1 is 1.63 bits per heavy atom. The van der Waals surface area contributed by atoms with Crippen molar-refractivity contribution in [2.24, 2.45) is 0 Å². The molecule has 5 heteroatoms. The third-order valence-electron chi connectivity index (χ3n) is 2.62. The van der Waals surface area contributed by atoms with Gasteiger partial charge in [-0.05, 0) is 31.2 Å². The standard InChI is InChI=1S/C14H19NO2S2/c1-4-11(9-18-3)15-14(17)13-8-10(2)12(19-13)6-5-7-16/h8,11,16H,4,7,9H2,1-3H3,(H,15,17). The lowest BCUT2D eigenvalue weighted by atomic mass is 10.2. The second-order valence-electron chi connectivity index (χ2n) is 4.12. The molecule has 0 bridgehead atoms. The first kappa shape index (κ1) is 16.1. The van der Waals surface area contributed by atoms with Crippen LogP contribution in [0.15, 0.2) is 6.07 Å². The Morgan fingerprint density at radius 2 is 2.37 bits per heavy atom. The van der Waals surface area contributed by atoms with Gasteiger partial charge in [0.05, 0.1) is 9.75 Å². The van der Waals surface area contributed by atoms with Gasteiger partial charge in [0.25, 0.3) is 5.91 Å². The minimum atomic E-state index is -0.162. The summed E-state index contributed by atoms with van der Waals surface area (Å²) >= 11 is 3.10. The molecule has 0 radical (unpaired) electrons. The van der Waals surface area contributed by atoms with Crippen LogP contribution < -0.4 is 5.32 Å². The van der Waals surface area contributed by atoms with Gasteiger partial charge in [-0.2, -0.15) is 11.8 Å². The smallest absolute Gasteiger partial charge is 0.261 e. The zero-order valence-electron chi connectivity index (χ0n) is 11.4. The lowest BCUT2D eigenvalue weighted by Crippen LogP contribution is -2.35. The molecule has 0 saturated heterocycles. The third-order valence-corrected chi connectivity index (χ3v) is 4.51. The maximum atomic E-state index is 12.1. The number of carbonyl (C=O) groups excluding carboxylic acids is 1. The highest BCUT2D eigenvalue weighted by atomic mass is 32.2. The minimum absolute atomic E-state index is 0.0361. The number of aliphatic hydroxyl groups is 1. The van der Waals surface area contributed by atoms with Crippen LogP contribution in [-0.2, 0) is 0 Å². The summed E-state index contributed by atoms with van der Waals surface area (Å²) in [6.45, 7) is 3.83. The molecule has 0 spiro atoms. The van der Waals surface area contributed by atoms with Crippen molar-refractivity contribution in [2.75, 3.05) is 18.6 Å². The van der Waals surface area contributed by atoms with Crippen molar-refractivity contribution in [2.45, 2.75) is 26.3 Å². The van der Waals surface area contributed by atoms with Gasteiger partial charge in [0.2, 0.25) is 0 Å². The lowest BCUT2D eigenvalue weighted by molar-refractivity contribution is 0.0944. The van der Waals surface area contributed by atoms with E-state index in [4.69, 9.17) is 5.11 Å². The number of aliphatic hydroxyl groups excluding tert-OH is 1. The molecule has 1 unspecified atom stereocenters. The van der Waals surface area contributed by atoms with Gasteiger partial charge < -0.3 is 10.4 Å². The van der Waals surface area contributed by atoms with Crippen molar-refractivity contribution in [1.82, 2.24) is 5.32 Å². The monoisotopic (exact) mass is 297 g/mol. The van der Waals surface area contributed by atoms with Crippen molar-refractivity contribution in [1.29, 1.82) is 0 Å². The number of hydrogen-bond acceptors (Lipinski definition) is 4. The maximum Gasteiger partial charge on any atom is 0.261 e. The van der Waals surface area contributed by atoms with Crippen LogP contribution in [0, 0.1) is 18.8 Å². The van der Waals surface area contributed by atoms with Gasteiger partial charge in [-0.15, -0.1) is 11.3 Å². The van der Waals surface area contributed by atoms with Gasteiger partial charge >= 0.3 is 0 Å². The van der Waals surface area contributed by atoms with Crippen LogP contribution in [0.1, 0.15) is 33.5 Å². The maximum absolute atomic E-state index is 12.1. The number of carbonyl (C=O) groups is 1. The SMILES string of the molecule is CCC(CSC)NC(=O)c1cc(C)c(C#CCO)s1. The molecule has 104 valence electrons. The van der Waals surface area contributed by atoms with E-state index in [9.17, 15) is 4.79 Å². The molecule has 0 fully saturated rings. The molecule has 2 N–H and O–H groups in total. The van der Waals surface area contributed by atoms with Gasteiger partial charge in [0.15, 0.2) is 0 Å². The van der Waals surface area contributed by atoms with Gasteiger partial charge in [0, 0.05) is 11.8 Å². The van der Waals surface area contributed by atoms with Crippen LogP contribution in [0.5, 0.6) is 0 Å². The predicted molar refractivity (Wildman–Crippen MR) is 82.9 cm³/mol. The second-order valence-corrected chi connectivity index (χ2v) is 6.08. The van der Waals surface area contributed by atoms with E-state index < -0.39 is 0 Å². The predicted octanol–water partition coefficient (Wildman–Crippen LogP) is 2.27. The van der Waals surface area contributed by atoms with Crippen LogP contribution in [0.2, 0.25) is 0 Å². The first-order valence-electron chi connectivity index (χ1n) is 6.12. The highest BCUT2D eigenvalue weighted by Crippen LogP contribution is 2.21. The van der Waals surface area contributed by atoms with E-state index >= 15 is 0 Å². The summed E-state index contributed by atoms with van der Waals surface area (Å²) in [5.41, 5.74) is 0.981. The molecule has 0 saturated carbocycles. The molecule has 1 rings (SSSR count). The Morgan fingerprint density at radius 3 is 2.95 bits per heavy atom. The molecule has 1 atom stereocenters. The molecule has 1 amide bonds. The fourth-order valence-electron chi connectivity index (χ4n) is 1.56. The second kappa shape index (κ2) is 8.26. The Kier molecular flexibility index (Phi) is 7.00. The average Bonchev–Trinajstić information content (AvgIpc) is 2.77. The number of thiophene rings is 1. The highest BCUT2D eigenvalue weighted by molar-refractivity contribution is 7.98. The molecule has 0 aromatic carbocycles. The molecule has 19 heavy (non-hydrogen) atoms. The lowest BCUT2D eigenvalue weighted by Gasteiger charge is -2.14. The molecule has 0 aliphatic carbocycles. The largest absolute Gasteiger partial charge is 0.384 e. The van der Waals surface area contributed by atoms with Crippen molar-refractivity contribution in [3.8, 4) is 11.8 Å². The van der Waals surface area contributed by atoms with Crippen LogP contribution in [-0.4, -0.2) is 35.7 Å². The van der Waals surface area contributed by atoms with Gasteiger partial charge in [0.1, 0.15) is 6.61 Å². The van der Waals surface area contributed by atoms with Crippen LogP contribution in [0.4, 0.5) is 0 Å². The highest BCUT2D eigenvalue weighted by Gasteiger charge is 2.15. The fraction of sp³-hybridized carbons (Fsp3) is 0.500. The summed E-state index contributed by atoms with van der Waals surface area (Å²) in [6.07, 6.45) is 2.96. The van der Waals surface area contributed by atoms with Gasteiger partial charge in [-0.25, -0.2) is 0 Å². The summed E-state index contributed by atoms with van der Waals surface area (Å²) in [7, 11) is 0. The Labute approximate surface area is 122 Å². The van der Waals surface area contributed by atoms with Gasteiger partial charge in [-0.3, -0.25) is 4.79 Å². The van der Waals surface area contributed by atoms with Crippen molar-refractivity contribution in [3.63, 3.8) is 0 Å². The Bertz CT molecular complexity index is 485. The summed E-state index contributed by atoms with van der Waals surface area (Å²) < 4.78 is 0. The van der Waals surface area contributed by atoms with Crippen molar-refractivity contribution >= 4 is 29.0 Å². The topological polar surface area (TPSA) is 49.3 Å². The molecule has 1 aromatic rings. The Hall–Kier alpha value is -0.960.